The van der Waals surface area contributed by atoms with Gasteiger partial charge in [0.2, 0.25) is 0 Å². The largest absolute Gasteiger partial charge is 0.389 e. The second-order valence-corrected chi connectivity index (χ2v) is 3.58. The molecule has 0 aliphatic carbocycles. The van der Waals surface area contributed by atoms with Crippen molar-refractivity contribution in [3.63, 3.8) is 0 Å². The number of nitrogens with one attached hydrogen (secondary N) is 1. The van der Waals surface area contributed by atoms with Crippen molar-refractivity contribution in [3.8, 4) is 6.07 Å². The van der Waals surface area contributed by atoms with Gasteiger partial charge in [0.05, 0.1) is 11.6 Å². The number of allylic oxidation sites excluding steroid dienone is 1. The molecule has 4 N–H and O–H groups in total. The van der Waals surface area contributed by atoms with Crippen LogP contribution >= 0.6 is 0 Å². The number of nitrogens with two attached hydrogens (primary N) is 1. The van der Waals surface area contributed by atoms with Crippen molar-refractivity contribution < 1.29 is 5.11 Å². The van der Waals surface area contributed by atoms with Gasteiger partial charge in [0.1, 0.15) is 11.8 Å². The number of hydrogen-bond donors (Lipinski definition) is 3. The zero-order chi connectivity index (χ0) is 10.8. The van der Waals surface area contributed by atoms with Crippen LogP contribution < -0.4 is 11.1 Å². The lowest BCUT2D eigenvalue weighted by atomic mass is 9.84. The molecule has 1 aliphatic heterocycles. The Morgan fingerprint density at radius 3 is 2.93 bits per heavy atom. The summed E-state index contributed by atoms with van der Waals surface area (Å²) in [5.41, 5.74) is 6.14. The topological polar surface area (TPSA) is 82.1 Å². The van der Waals surface area contributed by atoms with Gasteiger partial charge in [-0.1, -0.05) is 6.92 Å². The third kappa shape index (κ3) is 1.79. The van der Waals surface area contributed by atoms with E-state index in [2.05, 4.69) is 5.32 Å². The van der Waals surface area contributed by atoms with Gasteiger partial charge in [-0.05, 0) is 25.6 Å². The highest BCUT2D eigenvalue weighted by Gasteiger charge is 2.31. The highest BCUT2D eigenvalue weighted by molar-refractivity contribution is 5.43. The van der Waals surface area contributed by atoms with Gasteiger partial charge in [0, 0.05) is 5.57 Å². The van der Waals surface area contributed by atoms with Gasteiger partial charge in [-0.25, -0.2) is 0 Å². The van der Waals surface area contributed by atoms with Crippen molar-refractivity contribution in [1.29, 1.82) is 5.26 Å². The first-order chi connectivity index (χ1) is 6.53. The number of dihydropyridines is 1. The van der Waals surface area contributed by atoms with Crippen LogP contribution in [0.4, 0.5) is 0 Å². The van der Waals surface area contributed by atoms with E-state index in [1.807, 2.05) is 13.0 Å². The van der Waals surface area contributed by atoms with Crippen molar-refractivity contribution >= 4 is 0 Å². The van der Waals surface area contributed by atoms with E-state index in [0.717, 1.165) is 0 Å². The highest BCUT2D eigenvalue weighted by atomic mass is 16.3. The summed E-state index contributed by atoms with van der Waals surface area (Å²) in [5.74, 6) is 0. The first-order valence-electron chi connectivity index (χ1n) is 4.59. The predicted molar refractivity (Wildman–Crippen MR) is 53.8 cm³/mol. The van der Waals surface area contributed by atoms with Crippen LogP contribution in [0, 0.1) is 11.3 Å². The summed E-state index contributed by atoms with van der Waals surface area (Å²) < 4.78 is 0. The van der Waals surface area contributed by atoms with Gasteiger partial charge >= 0.3 is 0 Å². The molecule has 14 heavy (non-hydrogen) atoms. The summed E-state index contributed by atoms with van der Waals surface area (Å²) in [4.78, 5) is 0. The van der Waals surface area contributed by atoms with Crippen LogP contribution in [-0.4, -0.2) is 16.7 Å². The normalized spacial score (nSPS) is 28.2. The van der Waals surface area contributed by atoms with E-state index in [1.165, 1.54) is 0 Å². The maximum atomic E-state index is 9.76. The average Bonchev–Trinajstić information content (AvgIpc) is 2.15. The Balaban J connectivity index is 3.15. The van der Waals surface area contributed by atoms with Crippen molar-refractivity contribution in [2.45, 2.75) is 31.9 Å². The molecule has 0 radical (unpaired) electrons. The smallest absolute Gasteiger partial charge is 0.121 e. The van der Waals surface area contributed by atoms with Crippen LogP contribution in [0.1, 0.15) is 20.3 Å². The number of aliphatic hydroxyl groups is 1. The summed E-state index contributed by atoms with van der Waals surface area (Å²) in [7, 11) is 0. The molecular formula is C10H15N3O. The Kier molecular flexibility index (Phi) is 2.94. The molecule has 4 nitrogen and oxygen atoms in total. The van der Waals surface area contributed by atoms with Gasteiger partial charge in [-0.15, -0.1) is 0 Å². The minimum absolute atomic E-state index is 0.354. The van der Waals surface area contributed by atoms with Crippen LogP contribution in [0.3, 0.4) is 0 Å². The van der Waals surface area contributed by atoms with Crippen molar-refractivity contribution in [3.05, 3.63) is 23.5 Å². The van der Waals surface area contributed by atoms with E-state index in [9.17, 15) is 5.11 Å². The van der Waals surface area contributed by atoms with E-state index in [-0.39, 0.29) is 0 Å². The molecule has 1 heterocycles. The molecule has 0 aromatic carbocycles. The average molecular weight is 193 g/mol. The monoisotopic (exact) mass is 193 g/mol. The summed E-state index contributed by atoms with van der Waals surface area (Å²) >= 11 is 0. The fourth-order valence-electron chi connectivity index (χ4n) is 1.56. The molecule has 0 saturated heterocycles. The lowest BCUT2D eigenvalue weighted by molar-refractivity contribution is 0.192. The van der Waals surface area contributed by atoms with Gasteiger partial charge in [-0.2, -0.15) is 5.26 Å². The maximum Gasteiger partial charge on any atom is 0.121 e. The van der Waals surface area contributed by atoms with E-state index in [1.54, 1.807) is 19.2 Å². The quantitative estimate of drug-likeness (QED) is 0.591. The third-order valence-corrected chi connectivity index (χ3v) is 2.34. The van der Waals surface area contributed by atoms with Gasteiger partial charge in [0.25, 0.3) is 0 Å². The first-order valence-corrected chi connectivity index (χ1v) is 4.59. The third-order valence-electron chi connectivity index (χ3n) is 2.34. The molecule has 1 aliphatic rings. The molecule has 0 amide bonds. The second-order valence-electron chi connectivity index (χ2n) is 3.58. The Morgan fingerprint density at radius 2 is 2.43 bits per heavy atom. The summed E-state index contributed by atoms with van der Waals surface area (Å²) in [6.45, 7) is 3.62. The molecule has 2 unspecified atom stereocenters. The zero-order valence-corrected chi connectivity index (χ0v) is 8.41. The summed E-state index contributed by atoms with van der Waals surface area (Å²) in [5, 5.41) is 21.4. The Morgan fingerprint density at radius 1 is 1.79 bits per heavy atom. The van der Waals surface area contributed by atoms with Crippen LogP contribution in [0.2, 0.25) is 0 Å². The lowest BCUT2D eigenvalue weighted by Gasteiger charge is -2.31. The molecule has 0 fully saturated rings. The first kappa shape index (κ1) is 10.8. The van der Waals surface area contributed by atoms with E-state index < -0.39 is 11.6 Å². The molecule has 4 heteroatoms. The molecule has 1 rings (SSSR count). The molecule has 2 atom stereocenters. The van der Waals surface area contributed by atoms with E-state index >= 15 is 0 Å². The van der Waals surface area contributed by atoms with Crippen molar-refractivity contribution in [2.75, 3.05) is 0 Å². The zero-order valence-electron chi connectivity index (χ0n) is 8.41. The molecule has 76 valence electrons. The number of rotatable bonds is 2. The summed E-state index contributed by atoms with van der Waals surface area (Å²) in [6.07, 6.45) is 3.24. The Labute approximate surface area is 83.7 Å². The number of aliphatic hydroxyl groups excluding tert-OH is 1. The fraction of sp³-hybridized carbons (Fsp3) is 0.500. The minimum atomic E-state index is -0.744. The standard InChI is InChI=1S/C10H15N3O/c1-3-8(14)9-7(6-11)13-5-4-10(9,2)12/h4-5,8,13-14H,3,12H2,1-2H3. The predicted octanol–water partition coefficient (Wildman–Crippen LogP) is 0.369. The van der Waals surface area contributed by atoms with E-state index in [0.29, 0.717) is 17.7 Å². The van der Waals surface area contributed by atoms with Crippen LogP contribution in [0.5, 0.6) is 0 Å². The highest BCUT2D eigenvalue weighted by Crippen LogP contribution is 2.25. The lowest BCUT2D eigenvalue weighted by Crippen LogP contribution is -2.45. The molecule has 0 aromatic rings. The minimum Gasteiger partial charge on any atom is -0.389 e. The van der Waals surface area contributed by atoms with Crippen molar-refractivity contribution in [1.82, 2.24) is 5.32 Å². The molecular weight excluding hydrogens is 178 g/mol. The summed E-state index contributed by atoms with van der Waals surface area (Å²) in [6, 6.07) is 2.00. The van der Waals surface area contributed by atoms with Crippen LogP contribution in [0.25, 0.3) is 0 Å². The Hall–Kier alpha value is -1.31. The van der Waals surface area contributed by atoms with E-state index in [4.69, 9.17) is 11.0 Å². The van der Waals surface area contributed by atoms with Crippen LogP contribution in [0.15, 0.2) is 23.5 Å². The molecule has 0 bridgehead atoms. The number of nitrogens with zero attached hydrogens (tertiary/aromatic N) is 1. The fourth-order valence-corrected chi connectivity index (χ4v) is 1.56. The molecule has 0 spiro atoms. The van der Waals surface area contributed by atoms with Crippen LogP contribution in [-0.2, 0) is 0 Å². The van der Waals surface area contributed by atoms with Crippen molar-refractivity contribution in [2.24, 2.45) is 5.73 Å². The number of hydrogen-bond acceptors (Lipinski definition) is 4. The maximum absolute atomic E-state index is 9.76. The van der Waals surface area contributed by atoms with Gasteiger partial charge in [0.15, 0.2) is 0 Å². The van der Waals surface area contributed by atoms with Gasteiger partial charge in [-0.3, -0.25) is 0 Å². The Bertz CT molecular complexity index is 323. The second kappa shape index (κ2) is 3.82. The SMILES string of the molecule is CCC(O)C1=C(C#N)NC=CC1(C)N. The molecule has 0 saturated carbocycles. The van der Waals surface area contributed by atoms with Gasteiger partial charge < -0.3 is 16.2 Å². The number of nitriles is 1. The molecule has 0 aromatic heterocycles.